The maximum Gasteiger partial charge on any atom is 0.162 e. The molecule has 0 bridgehead atoms. The van der Waals surface area contributed by atoms with Gasteiger partial charge < -0.3 is 4.52 Å². The minimum atomic E-state index is 0.948. The number of hydrogen-bond acceptors (Lipinski definition) is 2. The van der Waals surface area contributed by atoms with E-state index in [4.69, 9.17) is 4.52 Å². The Morgan fingerprint density at radius 1 is 1.42 bits per heavy atom. The van der Waals surface area contributed by atoms with Gasteiger partial charge in [0.05, 0.1) is 6.20 Å². The molecule has 1 heterocycles. The molecular formula is C10H15NO. The van der Waals surface area contributed by atoms with Crippen molar-refractivity contribution in [3.63, 3.8) is 0 Å². The summed E-state index contributed by atoms with van der Waals surface area (Å²) in [5, 5.41) is 4.91. The summed E-state index contributed by atoms with van der Waals surface area (Å²) in [4.78, 5) is 0. The first-order valence-electron chi connectivity index (χ1n) is 4.48. The molecule has 0 aromatic carbocycles. The zero-order valence-corrected chi connectivity index (χ0v) is 7.92. The highest BCUT2D eigenvalue weighted by Crippen LogP contribution is 2.04. The lowest BCUT2D eigenvalue weighted by molar-refractivity contribution is 0.392. The van der Waals surface area contributed by atoms with E-state index in [0.29, 0.717) is 0 Å². The zero-order chi connectivity index (χ0) is 8.97. The number of hydrogen-bond donors (Lipinski definition) is 0. The second kappa shape index (κ2) is 4.10. The van der Waals surface area contributed by atoms with Gasteiger partial charge in [0, 0.05) is 5.22 Å². The fourth-order valence-electron chi connectivity index (χ4n) is 1.27. The fourth-order valence-corrected chi connectivity index (χ4v) is 1.27. The second-order valence-electron chi connectivity index (χ2n) is 2.63. The highest BCUT2D eigenvalue weighted by molar-refractivity contribution is 5.46. The van der Waals surface area contributed by atoms with E-state index < -0.39 is 0 Å². The van der Waals surface area contributed by atoms with Crippen LogP contribution in [0.25, 0.3) is 11.6 Å². The van der Waals surface area contributed by atoms with E-state index in [-0.39, 0.29) is 0 Å². The summed E-state index contributed by atoms with van der Waals surface area (Å²) < 4.78 is 5.00. The molecule has 0 amide bonds. The Balaban J connectivity index is 0.000000336. The molecule has 0 spiro atoms. The van der Waals surface area contributed by atoms with Gasteiger partial charge in [-0.2, -0.15) is 0 Å². The molecule has 2 nitrogen and oxygen atoms in total. The normalized spacial score (nSPS) is 14.1. The van der Waals surface area contributed by atoms with Crippen molar-refractivity contribution >= 4 is 11.6 Å². The van der Waals surface area contributed by atoms with Crippen molar-refractivity contribution in [2.24, 2.45) is 0 Å². The Kier molecular flexibility index (Phi) is 3.09. The van der Waals surface area contributed by atoms with Gasteiger partial charge in [-0.3, -0.25) is 0 Å². The smallest absolute Gasteiger partial charge is 0.162 e. The lowest BCUT2D eigenvalue weighted by atomic mass is 10.1. The first kappa shape index (κ1) is 9.04. The third kappa shape index (κ3) is 1.58. The summed E-state index contributed by atoms with van der Waals surface area (Å²) in [6.45, 7) is 6.13. The van der Waals surface area contributed by atoms with Crippen LogP contribution in [-0.2, 0) is 0 Å². The molecule has 0 saturated heterocycles. The van der Waals surface area contributed by atoms with Crippen molar-refractivity contribution in [3.05, 3.63) is 16.8 Å². The Bertz CT molecular complexity index is 348. The quantitative estimate of drug-likeness (QED) is 0.581. The van der Waals surface area contributed by atoms with Crippen LogP contribution in [0, 0.1) is 0 Å². The molecule has 0 atom stereocenters. The molecule has 12 heavy (non-hydrogen) atoms. The van der Waals surface area contributed by atoms with Gasteiger partial charge >= 0.3 is 0 Å². The molecule has 1 aromatic heterocycles. The van der Waals surface area contributed by atoms with Gasteiger partial charge in [0.25, 0.3) is 0 Å². The third-order valence-electron chi connectivity index (χ3n) is 1.91. The van der Waals surface area contributed by atoms with E-state index in [1.165, 1.54) is 10.8 Å². The van der Waals surface area contributed by atoms with Gasteiger partial charge in [0.1, 0.15) is 0 Å². The fraction of sp³-hybridized carbons (Fsp3) is 0.500. The Morgan fingerprint density at radius 3 is 2.83 bits per heavy atom. The van der Waals surface area contributed by atoms with Crippen LogP contribution in [0.3, 0.4) is 0 Å². The van der Waals surface area contributed by atoms with Gasteiger partial charge in [0.15, 0.2) is 5.42 Å². The molecule has 2 heteroatoms. The van der Waals surface area contributed by atoms with Crippen molar-refractivity contribution in [1.82, 2.24) is 5.16 Å². The van der Waals surface area contributed by atoms with Crippen molar-refractivity contribution in [2.75, 3.05) is 0 Å². The van der Waals surface area contributed by atoms with Crippen molar-refractivity contribution < 1.29 is 4.52 Å². The average molecular weight is 165 g/mol. The average Bonchev–Trinajstić information content (AvgIpc) is 2.57. The van der Waals surface area contributed by atoms with E-state index in [0.717, 1.165) is 18.3 Å². The van der Waals surface area contributed by atoms with E-state index in [2.05, 4.69) is 18.2 Å². The SMILES string of the molecule is CC.CC1=c2cnoc2=CCC1. The first-order chi connectivity index (χ1) is 5.88. The minimum absolute atomic E-state index is 0.948. The number of aromatic nitrogens is 1. The topological polar surface area (TPSA) is 26.0 Å². The predicted molar refractivity (Wildman–Crippen MR) is 49.9 cm³/mol. The van der Waals surface area contributed by atoms with Gasteiger partial charge in [-0.1, -0.05) is 24.6 Å². The second-order valence-corrected chi connectivity index (χ2v) is 2.63. The minimum Gasteiger partial charge on any atom is -0.357 e. The predicted octanol–water partition coefficient (Wildman–Crippen LogP) is 1.45. The van der Waals surface area contributed by atoms with Gasteiger partial charge in [0.2, 0.25) is 0 Å². The van der Waals surface area contributed by atoms with Crippen molar-refractivity contribution in [1.29, 1.82) is 0 Å². The standard InChI is InChI=1S/C8H9NO.C2H6/c1-6-3-2-4-8-7(6)5-9-10-8;1-2/h4-5H,2-3H2,1H3;1-2H3. The summed E-state index contributed by atoms with van der Waals surface area (Å²) in [6, 6.07) is 0. The van der Waals surface area contributed by atoms with Crippen LogP contribution in [0.15, 0.2) is 10.7 Å². The lowest BCUT2D eigenvalue weighted by Crippen LogP contribution is -2.24. The summed E-state index contributed by atoms with van der Waals surface area (Å²) in [5.41, 5.74) is 2.34. The van der Waals surface area contributed by atoms with E-state index in [9.17, 15) is 0 Å². The third-order valence-corrected chi connectivity index (χ3v) is 1.91. The highest BCUT2D eigenvalue weighted by atomic mass is 16.5. The molecular weight excluding hydrogens is 150 g/mol. The maximum atomic E-state index is 5.00. The molecule has 1 aliphatic rings. The molecule has 2 rings (SSSR count). The largest absolute Gasteiger partial charge is 0.357 e. The summed E-state index contributed by atoms with van der Waals surface area (Å²) in [5.74, 6) is 0. The molecule has 1 aliphatic carbocycles. The van der Waals surface area contributed by atoms with Crippen molar-refractivity contribution in [3.8, 4) is 0 Å². The number of fused-ring (bicyclic) bond motifs is 1. The van der Waals surface area contributed by atoms with E-state index in [1.54, 1.807) is 6.20 Å². The van der Waals surface area contributed by atoms with Gasteiger partial charge in [-0.15, -0.1) is 0 Å². The molecule has 0 unspecified atom stereocenters. The number of rotatable bonds is 0. The summed E-state index contributed by atoms with van der Waals surface area (Å²) in [6.07, 6.45) is 6.12. The first-order valence-corrected chi connectivity index (χ1v) is 4.48. The zero-order valence-electron chi connectivity index (χ0n) is 7.92. The lowest BCUT2D eigenvalue weighted by Gasteiger charge is -1.98. The van der Waals surface area contributed by atoms with Crippen LogP contribution in [0.1, 0.15) is 33.6 Å². The molecule has 0 saturated carbocycles. The number of nitrogens with zero attached hydrogens (tertiary/aromatic N) is 1. The Labute approximate surface area is 72.6 Å². The van der Waals surface area contributed by atoms with Gasteiger partial charge in [-0.25, -0.2) is 0 Å². The molecule has 0 aliphatic heterocycles. The van der Waals surface area contributed by atoms with Crippen molar-refractivity contribution in [2.45, 2.75) is 33.6 Å². The van der Waals surface area contributed by atoms with Crippen LogP contribution in [0.5, 0.6) is 0 Å². The molecule has 0 N–H and O–H groups in total. The highest BCUT2D eigenvalue weighted by Gasteiger charge is 2.01. The molecule has 1 aromatic rings. The van der Waals surface area contributed by atoms with Crippen LogP contribution >= 0.6 is 0 Å². The monoisotopic (exact) mass is 165 g/mol. The van der Waals surface area contributed by atoms with E-state index in [1.807, 2.05) is 13.8 Å². The van der Waals surface area contributed by atoms with Crippen LogP contribution in [0.2, 0.25) is 0 Å². The van der Waals surface area contributed by atoms with Crippen LogP contribution in [-0.4, -0.2) is 5.16 Å². The molecule has 66 valence electrons. The molecule has 0 radical (unpaired) electrons. The molecule has 0 fully saturated rings. The Morgan fingerprint density at radius 2 is 2.17 bits per heavy atom. The van der Waals surface area contributed by atoms with E-state index >= 15 is 0 Å². The summed E-state index contributed by atoms with van der Waals surface area (Å²) in [7, 11) is 0. The van der Waals surface area contributed by atoms with Gasteiger partial charge in [-0.05, 0) is 25.8 Å². The Hall–Kier alpha value is -1.05. The maximum absolute atomic E-state index is 5.00. The van der Waals surface area contributed by atoms with Crippen LogP contribution in [0.4, 0.5) is 0 Å². The summed E-state index contributed by atoms with van der Waals surface area (Å²) >= 11 is 0. The van der Waals surface area contributed by atoms with Crippen LogP contribution < -0.4 is 10.6 Å².